The summed E-state index contributed by atoms with van der Waals surface area (Å²) in [6, 6.07) is 20.7. The fourth-order valence-corrected chi connectivity index (χ4v) is 3.50. The van der Waals surface area contributed by atoms with Crippen molar-refractivity contribution in [3.05, 3.63) is 95.0 Å². The van der Waals surface area contributed by atoms with E-state index in [1.165, 1.54) is 12.1 Å². The van der Waals surface area contributed by atoms with Crippen molar-refractivity contribution < 1.29 is 19.4 Å². The Kier molecular flexibility index (Phi) is 8.10. The number of amides is 2. The number of phenols is 1. The highest BCUT2D eigenvalue weighted by atomic mass is 79.9. The molecule has 33 heavy (non-hydrogen) atoms. The molecule has 0 heterocycles. The molecule has 7 nitrogen and oxygen atoms in total. The van der Waals surface area contributed by atoms with Crippen LogP contribution in [-0.4, -0.2) is 17.1 Å². The molecule has 3 aromatic rings. The van der Waals surface area contributed by atoms with E-state index >= 15 is 0 Å². The van der Waals surface area contributed by atoms with Crippen LogP contribution in [0.5, 0.6) is 5.75 Å². The highest BCUT2D eigenvalue weighted by Crippen LogP contribution is 2.35. The fraction of sp³-hybridized carbons (Fsp3) is 0.120. The second kappa shape index (κ2) is 11.2. The minimum absolute atomic E-state index is 0.0301. The summed E-state index contributed by atoms with van der Waals surface area (Å²) < 4.78 is 6.38. The minimum Gasteiger partial charge on any atom is -0.508 e. The molecule has 8 heteroatoms. The summed E-state index contributed by atoms with van der Waals surface area (Å²) in [4.78, 5) is 25.0. The number of aromatic hydroxyl groups is 1. The van der Waals surface area contributed by atoms with Crippen LogP contribution >= 0.6 is 15.9 Å². The Bertz CT molecular complexity index is 1150. The van der Waals surface area contributed by atoms with Gasteiger partial charge in [0, 0.05) is 21.6 Å². The lowest BCUT2D eigenvalue weighted by Crippen LogP contribution is -2.21. The molecule has 0 aliphatic carbocycles. The lowest BCUT2D eigenvalue weighted by atomic mass is 9.96. The summed E-state index contributed by atoms with van der Waals surface area (Å²) >= 11 is 3.38. The number of benzene rings is 3. The Hall–Kier alpha value is -3.78. The molecule has 5 N–H and O–H groups in total. The summed E-state index contributed by atoms with van der Waals surface area (Å²) in [6.07, 6.45) is 1.40. The quantitative estimate of drug-likeness (QED) is 0.235. The molecule has 2 amide bonds. The van der Waals surface area contributed by atoms with Gasteiger partial charge in [-0.15, -0.1) is 0 Å². The zero-order chi connectivity index (χ0) is 23.8. The van der Waals surface area contributed by atoms with Gasteiger partial charge in [-0.1, -0.05) is 59.3 Å². The lowest BCUT2D eigenvalue weighted by molar-refractivity contribution is -0.111. The first-order valence-electron chi connectivity index (χ1n) is 10.2. The second-order valence-corrected chi connectivity index (χ2v) is 8.23. The maximum atomic E-state index is 12.6. The number of carbonyl (C=O) groups excluding carboxylic acids is 2. The van der Waals surface area contributed by atoms with Crippen LogP contribution in [0.1, 0.15) is 18.6 Å². The van der Waals surface area contributed by atoms with Gasteiger partial charge in [0.1, 0.15) is 11.9 Å². The van der Waals surface area contributed by atoms with E-state index in [9.17, 15) is 14.7 Å². The van der Waals surface area contributed by atoms with Gasteiger partial charge in [0.25, 0.3) is 0 Å². The fourth-order valence-electron chi connectivity index (χ4n) is 3.12. The number of hydrogen-bond acceptors (Lipinski definition) is 5. The van der Waals surface area contributed by atoms with Crippen LogP contribution in [0, 0.1) is 5.92 Å². The number of carbonyl (C=O) groups is 2. The summed E-state index contributed by atoms with van der Waals surface area (Å²) in [5, 5.41) is 15.8. The third kappa shape index (κ3) is 6.85. The van der Waals surface area contributed by atoms with Crippen LogP contribution < -0.4 is 16.4 Å². The number of halogens is 1. The molecule has 3 aromatic carbocycles. The first kappa shape index (κ1) is 23.9. The normalized spacial score (nSPS) is 12.7. The molecule has 0 aliphatic rings. The molecule has 0 saturated carbocycles. The molecule has 0 unspecified atom stereocenters. The Morgan fingerprint density at radius 1 is 1.03 bits per heavy atom. The Balaban J connectivity index is 1.78. The van der Waals surface area contributed by atoms with Crippen LogP contribution in [0.4, 0.5) is 21.9 Å². The average molecular weight is 510 g/mol. The van der Waals surface area contributed by atoms with Crippen molar-refractivity contribution in [3.8, 4) is 5.75 Å². The monoisotopic (exact) mass is 509 g/mol. The van der Waals surface area contributed by atoms with Gasteiger partial charge >= 0.3 is 6.09 Å². The number of nitrogens with one attached hydrogen (secondary N) is 2. The molecule has 0 fully saturated rings. The summed E-state index contributed by atoms with van der Waals surface area (Å²) in [7, 11) is 0. The van der Waals surface area contributed by atoms with E-state index in [0.29, 0.717) is 27.1 Å². The van der Waals surface area contributed by atoms with Crippen LogP contribution in [-0.2, 0) is 9.53 Å². The Labute approximate surface area is 200 Å². The molecule has 0 bridgehead atoms. The zero-order valence-corrected chi connectivity index (χ0v) is 19.5. The van der Waals surface area contributed by atoms with E-state index < -0.39 is 18.1 Å². The Morgan fingerprint density at radius 3 is 2.45 bits per heavy atom. The van der Waals surface area contributed by atoms with Crippen LogP contribution in [0.3, 0.4) is 0 Å². The molecule has 3 rings (SSSR count). The summed E-state index contributed by atoms with van der Waals surface area (Å²) in [5.74, 6) is -0.867. The minimum atomic E-state index is -0.864. The number of ether oxygens (including phenoxy) is 1. The molecule has 0 spiro atoms. The maximum Gasteiger partial charge on any atom is 0.412 e. The SMILES string of the molecule is C[C@@H](/C=C/C(=O)Nc1ccccc1N)[C@H](OC(=O)Nc1ccccc1)c1cc(Br)ccc1O. The zero-order valence-electron chi connectivity index (χ0n) is 17.9. The topological polar surface area (TPSA) is 114 Å². The number of rotatable bonds is 7. The van der Waals surface area contributed by atoms with Gasteiger partial charge in [-0.25, -0.2) is 4.79 Å². The molecule has 2 atom stereocenters. The van der Waals surface area contributed by atoms with Crippen molar-refractivity contribution in [2.75, 3.05) is 16.4 Å². The van der Waals surface area contributed by atoms with Crippen LogP contribution in [0.2, 0.25) is 0 Å². The van der Waals surface area contributed by atoms with Crippen LogP contribution in [0.25, 0.3) is 0 Å². The van der Waals surface area contributed by atoms with E-state index in [4.69, 9.17) is 10.5 Å². The number of nitrogens with two attached hydrogens (primary N) is 1. The van der Waals surface area contributed by atoms with Crippen LogP contribution in [0.15, 0.2) is 89.4 Å². The largest absolute Gasteiger partial charge is 0.508 e. The van der Waals surface area contributed by atoms with Crippen molar-refractivity contribution in [3.63, 3.8) is 0 Å². The highest BCUT2D eigenvalue weighted by molar-refractivity contribution is 9.10. The molecular weight excluding hydrogens is 486 g/mol. The van der Waals surface area contributed by atoms with Gasteiger partial charge in [0.15, 0.2) is 0 Å². The molecule has 170 valence electrons. The van der Waals surface area contributed by atoms with E-state index in [1.54, 1.807) is 73.7 Å². The predicted molar refractivity (Wildman–Crippen MR) is 133 cm³/mol. The molecular formula is C25H24BrN3O4. The van der Waals surface area contributed by atoms with Gasteiger partial charge in [-0.05, 0) is 48.5 Å². The second-order valence-electron chi connectivity index (χ2n) is 7.31. The average Bonchev–Trinajstić information content (AvgIpc) is 2.80. The molecule has 0 aliphatic heterocycles. The standard InChI is InChI=1S/C25H24BrN3O4/c1-16(11-14-23(31)29-21-10-6-5-9-20(21)27)24(19-15-17(26)12-13-22(19)30)33-25(32)28-18-7-3-2-4-8-18/h2-16,24,30H,27H2,1H3,(H,28,32)(H,29,31)/b14-11+/t16-,24-/m0/s1. The number of para-hydroxylation sites is 3. The number of nitrogen functional groups attached to an aromatic ring is 1. The number of anilines is 3. The van der Waals surface area contributed by atoms with Gasteiger partial charge in [-0.2, -0.15) is 0 Å². The third-order valence-electron chi connectivity index (χ3n) is 4.80. The van der Waals surface area contributed by atoms with E-state index in [0.717, 1.165) is 0 Å². The van der Waals surface area contributed by atoms with Crippen molar-refractivity contribution in [1.82, 2.24) is 0 Å². The smallest absolute Gasteiger partial charge is 0.412 e. The number of hydrogen-bond donors (Lipinski definition) is 4. The van der Waals surface area contributed by atoms with Gasteiger partial charge in [0.05, 0.1) is 11.4 Å². The molecule has 0 radical (unpaired) electrons. The number of phenolic OH excluding ortho intramolecular Hbond substituents is 1. The first-order valence-corrected chi connectivity index (χ1v) is 11.0. The Morgan fingerprint density at radius 2 is 1.73 bits per heavy atom. The summed E-state index contributed by atoms with van der Waals surface area (Å²) in [6.45, 7) is 1.78. The first-order chi connectivity index (χ1) is 15.8. The van der Waals surface area contributed by atoms with Crippen molar-refractivity contribution in [2.24, 2.45) is 5.92 Å². The third-order valence-corrected chi connectivity index (χ3v) is 5.29. The van der Waals surface area contributed by atoms with Crippen molar-refractivity contribution in [2.45, 2.75) is 13.0 Å². The summed E-state index contributed by atoms with van der Waals surface area (Å²) in [5.41, 5.74) is 7.78. The maximum absolute atomic E-state index is 12.6. The molecule has 0 aromatic heterocycles. The lowest BCUT2D eigenvalue weighted by Gasteiger charge is -2.23. The van der Waals surface area contributed by atoms with Gasteiger partial charge < -0.3 is 20.9 Å². The predicted octanol–water partition coefficient (Wildman–Crippen LogP) is 5.86. The van der Waals surface area contributed by atoms with Crippen molar-refractivity contribution in [1.29, 1.82) is 0 Å². The van der Waals surface area contributed by atoms with Gasteiger partial charge in [-0.3, -0.25) is 10.1 Å². The highest BCUT2D eigenvalue weighted by Gasteiger charge is 2.25. The van der Waals surface area contributed by atoms with E-state index in [-0.39, 0.29) is 11.7 Å². The van der Waals surface area contributed by atoms with Gasteiger partial charge in [0.2, 0.25) is 5.91 Å². The van der Waals surface area contributed by atoms with E-state index in [1.807, 2.05) is 6.07 Å². The van der Waals surface area contributed by atoms with E-state index in [2.05, 4.69) is 26.6 Å². The molecule has 0 saturated heterocycles. The van der Waals surface area contributed by atoms with Crippen molar-refractivity contribution >= 4 is 45.0 Å².